The second-order valence-electron chi connectivity index (χ2n) is 6.05. The number of hydrogen-bond acceptors (Lipinski definition) is 4. The van der Waals surface area contributed by atoms with Crippen molar-refractivity contribution in [1.29, 1.82) is 0 Å². The lowest BCUT2D eigenvalue weighted by Gasteiger charge is -2.15. The van der Waals surface area contributed by atoms with Gasteiger partial charge in [0.2, 0.25) is 0 Å². The number of carbonyl (C=O) groups is 3. The lowest BCUT2D eigenvalue weighted by Crippen LogP contribution is -2.28. The Morgan fingerprint density at radius 1 is 1.12 bits per heavy atom. The van der Waals surface area contributed by atoms with Crippen molar-refractivity contribution in [2.75, 3.05) is 0 Å². The normalized spacial score (nSPS) is 16.0. The van der Waals surface area contributed by atoms with Gasteiger partial charge in [-0.2, -0.15) is 0 Å². The van der Waals surface area contributed by atoms with Gasteiger partial charge in [0.1, 0.15) is 0 Å². The molecule has 0 saturated heterocycles. The third kappa shape index (κ3) is 2.73. The van der Waals surface area contributed by atoms with Gasteiger partial charge in [-0.1, -0.05) is 24.3 Å². The number of fused-ring (bicyclic) bond motifs is 1. The highest BCUT2D eigenvalue weighted by Gasteiger charge is 2.30. The van der Waals surface area contributed by atoms with Gasteiger partial charge in [0.25, 0.3) is 5.91 Å². The number of nitrogens with zero attached hydrogens (tertiary/aromatic N) is 1. The van der Waals surface area contributed by atoms with Crippen LogP contribution in [0, 0.1) is 13.8 Å². The Morgan fingerprint density at radius 3 is 2.50 bits per heavy atom. The number of hydrogen-bond donors (Lipinski definition) is 1. The Morgan fingerprint density at radius 2 is 1.79 bits per heavy atom. The first-order valence-electron chi connectivity index (χ1n) is 7.80. The molecular weight excluding hydrogens is 304 g/mol. The molecule has 5 heteroatoms. The molecule has 1 aliphatic rings. The topological polar surface area (TPSA) is 76.1 Å². The fourth-order valence-electron chi connectivity index (χ4n) is 3.14. The number of aryl methyl sites for hydroxylation is 2. The molecule has 122 valence electrons. The van der Waals surface area contributed by atoms with Gasteiger partial charge < -0.3 is 5.32 Å². The van der Waals surface area contributed by atoms with E-state index < -0.39 is 0 Å². The van der Waals surface area contributed by atoms with Crippen LogP contribution in [0.25, 0.3) is 0 Å². The van der Waals surface area contributed by atoms with E-state index in [1.165, 1.54) is 6.92 Å². The fourth-order valence-corrected chi connectivity index (χ4v) is 3.14. The number of amides is 1. The van der Waals surface area contributed by atoms with Crippen molar-refractivity contribution in [3.8, 4) is 0 Å². The molecule has 1 aliphatic carbocycles. The molecule has 1 atom stereocenters. The summed E-state index contributed by atoms with van der Waals surface area (Å²) in [5.74, 6) is -0.425. The summed E-state index contributed by atoms with van der Waals surface area (Å²) in [5.41, 5.74) is 3.47. The lowest BCUT2D eigenvalue weighted by molar-refractivity contribution is 0.0924. The molecule has 0 spiro atoms. The second kappa shape index (κ2) is 6.00. The monoisotopic (exact) mass is 322 g/mol. The van der Waals surface area contributed by atoms with E-state index in [2.05, 4.69) is 10.3 Å². The highest BCUT2D eigenvalue weighted by molar-refractivity contribution is 6.04. The zero-order valence-electron chi connectivity index (χ0n) is 13.8. The van der Waals surface area contributed by atoms with Crippen LogP contribution in [0.2, 0.25) is 0 Å². The number of aromatic nitrogens is 1. The quantitative estimate of drug-likeness (QED) is 0.882. The first-order chi connectivity index (χ1) is 11.4. The third-order valence-corrected chi connectivity index (χ3v) is 4.36. The highest BCUT2D eigenvalue weighted by Crippen LogP contribution is 2.31. The van der Waals surface area contributed by atoms with E-state index in [9.17, 15) is 14.4 Å². The number of pyridine rings is 1. The maximum Gasteiger partial charge on any atom is 0.253 e. The van der Waals surface area contributed by atoms with Crippen LogP contribution in [0.15, 0.2) is 30.3 Å². The summed E-state index contributed by atoms with van der Waals surface area (Å²) >= 11 is 0. The Balaban J connectivity index is 1.91. The Kier molecular flexibility index (Phi) is 4.01. The van der Waals surface area contributed by atoms with Crippen LogP contribution in [-0.4, -0.2) is 22.5 Å². The number of ketones is 2. The van der Waals surface area contributed by atoms with Crippen LogP contribution < -0.4 is 5.32 Å². The molecule has 0 fully saturated rings. The van der Waals surface area contributed by atoms with Crippen molar-refractivity contribution >= 4 is 17.5 Å². The maximum atomic E-state index is 12.7. The molecule has 1 unspecified atom stereocenters. The summed E-state index contributed by atoms with van der Waals surface area (Å²) in [5, 5.41) is 2.90. The first-order valence-corrected chi connectivity index (χ1v) is 7.80. The zero-order chi connectivity index (χ0) is 17.4. The highest BCUT2D eigenvalue weighted by atomic mass is 16.2. The van der Waals surface area contributed by atoms with Crippen LogP contribution >= 0.6 is 0 Å². The van der Waals surface area contributed by atoms with Crippen LogP contribution in [0.4, 0.5) is 0 Å². The van der Waals surface area contributed by atoms with Crippen molar-refractivity contribution in [1.82, 2.24) is 10.3 Å². The number of nitrogens with one attached hydrogen (secondary N) is 1. The van der Waals surface area contributed by atoms with Crippen LogP contribution in [0.1, 0.15) is 67.4 Å². The predicted molar refractivity (Wildman–Crippen MR) is 89.3 cm³/mol. The van der Waals surface area contributed by atoms with Gasteiger partial charge in [0.05, 0.1) is 17.3 Å². The van der Waals surface area contributed by atoms with Crippen molar-refractivity contribution < 1.29 is 14.4 Å². The zero-order valence-corrected chi connectivity index (χ0v) is 13.8. The fraction of sp³-hybridized carbons (Fsp3) is 0.263. The van der Waals surface area contributed by atoms with Gasteiger partial charge in [-0.05, 0) is 32.4 Å². The van der Waals surface area contributed by atoms with E-state index in [4.69, 9.17) is 0 Å². The summed E-state index contributed by atoms with van der Waals surface area (Å²) in [4.78, 5) is 40.7. The van der Waals surface area contributed by atoms with Crippen LogP contribution in [-0.2, 0) is 0 Å². The summed E-state index contributed by atoms with van der Waals surface area (Å²) in [7, 11) is 0. The summed E-state index contributed by atoms with van der Waals surface area (Å²) < 4.78 is 0. The van der Waals surface area contributed by atoms with Crippen LogP contribution in [0.5, 0.6) is 0 Å². The van der Waals surface area contributed by atoms with E-state index in [1.807, 2.05) is 18.2 Å². The summed E-state index contributed by atoms with van der Waals surface area (Å²) in [6, 6.07) is 8.53. The number of rotatable bonds is 3. The van der Waals surface area contributed by atoms with Crippen molar-refractivity contribution in [2.45, 2.75) is 33.2 Å². The Hall–Kier alpha value is -2.82. The molecule has 0 aliphatic heterocycles. The van der Waals surface area contributed by atoms with E-state index in [0.717, 1.165) is 5.56 Å². The minimum absolute atomic E-state index is 0.0269. The first kappa shape index (κ1) is 16.1. The molecule has 1 aromatic carbocycles. The summed E-state index contributed by atoms with van der Waals surface area (Å²) in [6.45, 7) is 4.93. The van der Waals surface area contributed by atoms with Crippen molar-refractivity contribution in [2.24, 2.45) is 0 Å². The van der Waals surface area contributed by atoms with Gasteiger partial charge in [-0.3, -0.25) is 19.4 Å². The Bertz CT molecular complexity index is 871. The van der Waals surface area contributed by atoms with E-state index in [-0.39, 0.29) is 29.9 Å². The lowest BCUT2D eigenvalue weighted by atomic mass is 10.0. The molecule has 2 aromatic rings. The minimum atomic E-state index is -0.345. The van der Waals surface area contributed by atoms with E-state index in [0.29, 0.717) is 28.1 Å². The average molecular weight is 322 g/mol. The summed E-state index contributed by atoms with van der Waals surface area (Å²) in [6.07, 6.45) is 0.253. The molecule has 1 amide bonds. The van der Waals surface area contributed by atoms with Gasteiger partial charge in [-0.15, -0.1) is 0 Å². The molecule has 24 heavy (non-hydrogen) atoms. The van der Waals surface area contributed by atoms with Gasteiger partial charge in [0, 0.05) is 23.2 Å². The van der Waals surface area contributed by atoms with Crippen molar-refractivity contribution in [3.05, 3.63) is 64.0 Å². The number of benzene rings is 1. The molecule has 5 nitrogen and oxygen atoms in total. The maximum absolute atomic E-state index is 12.7. The third-order valence-electron chi connectivity index (χ3n) is 4.36. The molecule has 1 N–H and O–H groups in total. The van der Waals surface area contributed by atoms with Gasteiger partial charge >= 0.3 is 0 Å². The molecular formula is C19H18N2O3. The van der Waals surface area contributed by atoms with E-state index in [1.54, 1.807) is 26.0 Å². The molecule has 0 saturated carbocycles. The smallest absolute Gasteiger partial charge is 0.253 e. The standard InChI is InChI=1S/C19H18N2O3/c1-10-15(12(3)22)8-16(11(2)20-10)19(24)21-17-9-18(23)14-7-5-4-6-13(14)17/h4-8,17H,9H2,1-3H3,(H,21,24). The Labute approximate surface area is 140 Å². The number of Topliss-reactive ketones (excluding diaryl/α,β-unsaturated/α-hetero) is 2. The SMILES string of the molecule is CC(=O)c1cc(C(=O)NC2CC(=O)c3ccccc32)c(C)nc1C. The molecule has 0 bridgehead atoms. The molecule has 3 rings (SSSR count). The average Bonchev–Trinajstić information content (AvgIpc) is 2.83. The number of carbonyl (C=O) groups excluding carboxylic acids is 3. The molecule has 0 radical (unpaired) electrons. The second-order valence-corrected chi connectivity index (χ2v) is 6.05. The minimum Gasteiger partial charge on any atom is -0.345 e. The van der Waals surface area contributed by atoms with Crippen LogP contribution in [0.3, 0.4) is 0 Å². The van der Waals surface area contributed by atoms with Gasteiger partial charge in [0.15, 0.2) is 11.6 Å². The predicted octanol–water partition coefficient (Wildman–Crippen LogP) is 2.96. The largest absolute Gasteiger partial charge is 0.345 e. The van der Waals surface area contributed by atoms with Gasteiger partial charge in [-0.25, -0.2) is 0 Å². The molecule has 1 heterocycles. The molecule has 1 aromatic heterocycles. The van der Waals surface area contributed by atoms with Crippen molar-refractivity contribution in [3.63, 3.8) is 0 Å². The van der Waals surface area contributed by atoms with E-state index >= 15 is 0 Å².